The van der Waals surface area contributed by atoms with Crippen LogP contribution in [0.1, 0.15) is 34.1 Å². The molecule has 1 unspecified atom stereocenters. The van der Waals surface area contributed by atoms with E-state index in [4.69, 9.17) is 0 Å². The second kappa shape index (κ2) is 4.73. The fourth-order valence-electron chi connectivity index (χ4n) is 1.23. The van der Waals surface area contributed by atoms with Crippen LogP contribution in [0, 0.1) is 11.8 Å². The van der Waals surface area contributed by atoms with Crippen LogP contribution in [0.3, 0.4) is 0 Å². The molecule has 10 heavy (non-hydrogen) atoms. The molecule has 0 aliphatic rings. The van der Waals surface area contributed by atoms with Gasteiger partial charge in [0.1, 0.15) is 0 Å². The summed E-state index contributed by atoms with van der Waals surface area (Å²) in [6, 6.07) is 0.694. The maximum Gasteiger partial charge on any atom is 0.00894 e. The molecule has 0 aromatic rings. The first-order chi connectivity index (χ1) is 4.57. The lowest BCUT2D eigenvalue weighted by molar-refractivity contribution is 0.358. The van der Waals surface area contributed by atoms with Gasteiger partial charge in [-0.2, -0.15) is 0 Å². The molecular weight excluding hydrogens is 122 g/mol. The van der Waals surface area contributed by atoms with Crippen molar-refractivity contribution in [1.29, 1.82) is 0 Å². The van der Waals surface area contributed by atoms with Crippen LogP contribution in [0.5, 0.6) is 0 Å². The van der Waals surface area contributed by atoms with Crippen LogP contribution in [0.4, 0.5) is 0 Å². The Bertz CT molecular complexity index is 76.8. The molecule has 0 aliphatic heterocycles. The van der Waals surface area contributed by atoms with Gasteiger partial charge < -0.3 is 5.32 Å². The van der Waals surface area contributed by atoms with E-state index in [0.29, 0.717) is 6.04 Å². The predicted octanol–water partition coefficient (Wildman–Crippen LogP) is 2.28. The first-order valence-corrected chi connectivity index (χ1v) is 4.25. The molecule has 0 heterocycles. The van der Waals surface area contributed by atoms with Crippen molar-refractivity contribution in [3.05, 3.63) is 0 Å². The summed E-state index contributed by atoms with van der Waals surface area (Å²) in [6.07, 6.45) is 1.29. The molecule has 1 atom stereocenters. The summed E-state index contributed by atoms with van der Waals surface area (Å²) in [7, 11) is 2.05. The summed E-state index contributed by atoms with van der Waals surface area (Å²) >= 11 is 0. The quantitative estimate of drug-likeness (QED) is 0.636. The topological polar surface area (TPSA) is 12.0 Å². The molecule has 1 nitrogen and oxygen atoms in total. The van der Waals surface area contributed by atoms with Gasteiger partial charge in [-0.3, -0.25) is 0 Å². The molecule has 1 N–H and O–H groups in total. The van der Waals surface area contributed by atoms with E-state index in [-0.39, 0.29) is 0 Å². The highest BCUT2D eigenvalue weighted by atomic mass is 14.9. The third-order valence-corrected chi connectivity index (χ3v) is 1.90. The number of hydrogen-bond acceptors (Lipinski definition) is 1. The van der Waals surface area contributed by atoms with E-state index in [1.54, 1.807) is 0 Å². The molecule has 0 radical (unpaired) electrons. The third-order valence-electron chi connectivity index (χ3n) is 1.90. The van der Waals surface area contributed by atoms with Crippen LogP contribution in [-0.2, 0) is 0 Å². The Morgan fingerprint density at radius 1 is 1.10 bits per heavy atom. The number of rotatable bonds is 4. The van der Waals surface area contributed by atoms with Gasteiger partial charge in [0.05, 0.1) is 0 Å². The highest BCUT2D eigenvalue weighted by molar-refractivity contribution is 4.69. The average Bonchev–Trinajstić information content (AvgIpc) is 1.81. The molecule has 62 valence electrons. The molecule has 0 aromatic heterocycles. The minimum Gasteiger partial charge on any atom is -0.317 e. The Balaban J connectivity index is 3.60. The van der Waals surface area contributed by atoms with Crippen molar-refractivity contribution < 1.29 is 0 Å². The Hall–Kier alpha value is -0.0400. The molecule has 0 saturated heterocycles. The van der Waals surface area contributed by atoms with Gasteiger partial charge in [0.15, 0.2) is 0 Å². The van der Waals surface area contributed by atoms with E-state index in [1.165, 1.54) is 6.42 Å². The van der Waals surface area contributed by atoms with Gasteiger partial charge in [0.2, 0.25) is 0 Å². The van der Waals surface area contributed by atoms with Crippen molar-refractivity contribution in [2.45, 2.75) is 40.2 Å². The number of hydrogen-bond donors (Lipinski definition) is 1. The molecule has 0 aliphatic carbocycles. The largest absolute Gasteiger partial charge is 0.317 e. The van der Waals surface area contributed by atoms with Crippen molar-refractivity contribution in [2.24, 2.45) is 11.8 Å². The summed E-state index contributed by atoms with van der Waals surface area (Å²) in [4.78, 5) is 0. The SMILES string of the molecule is CNC(CC(C)C)C(C)C. The molecule has 0 rings (SSSR count). The second-order valence-corrected chi connectivity index (χ2v) is 3.77. The molecule has 0 fully saturated rings. The predicted molar refractivity (Wildman–Crippen MR) is 47.1 cm³/mol. The van der Waals surface area contributed by atoms with Crippen LogP contribution in [0.15, 0.2) is 0 Å². The van der Waals surface area contributed by atoms with Gasteiger partial charge in [-0.25, -0.2) is 0 Å². The normalized spacial score (nSPS) is 14.7. The molecule has 0 saturated carbocycles. The fraction of sp³-hybridized carbons (Fsp3) is 1.00. The zero-order valence-corrected chi connectivity index (χ0v) is 7.94. The smallest absolute Gasteiger partial charge is 0.00894 e. The van der Waals surface area contributed by atoms with Crippen molar-refractivity contribution in [3.63, 3.8) is 0 Å². The minimum absolute atomic E-state index is 0.694. The van der Waals surface area contributed by atoms with Crippen molar-refractivity contribution >= 4 is 0 Å². The van der Waals surface area contributed by atoms with Crippen LogP contribution >= 0.6 is 0 Å². The van der Waals surface area contributed by atoms with E-state index in [1.807, 2.05) is 7.05 Å². The molecule has 0 spiro atoms. The van der Waals surface area contributed by atoms with Crippen molar-refractivity contribution in [1.82, 2.24) is 5.32 Å². The lowest BCUT2D eigenvalue weighted by Gasteiger charge is -2.21. The van der Waals surface area contributed by atoms with Crippen LogP contribution < -0.4 is 5.32 Å². The van der Waals surface area contributed by atoms with E-state index in [0.717, 1.165) is 11.8 Å². The maximum atomic E-state index is 3.33. The van der Waals surface area contributed by atoms with E-state index < -0.39 is 0 Å². The van der Waals surface area contributed by atoms with Crippen LogP contribution in [-0.4, -0.2) is 13.1 Å². The monoisotopic (exact) mass is 143 g/mol. The molecule has 0 aromatic carbocycles. The molecular formula is C9H21N. The number of nitrogens with one attached hydrogen (secondary N) is 1. The van der Waals surface area contributed by atoms with Crippen molar-refractivity contribution in [3.8, 4) is 0 Å². The first-order valence-electron chi connectivity index (χ1n) is 4.25. The van der Waals surface area contributed by atoms with Gasteiger partial charge in [-0.05, 0) is 25.3 Å². The fourth-order valence-corrected chi connectivity index (χ4v) is 1.23. The lowest BCUT2D eigenvalue weighted by Crippen LogP contribution is -2.31. The Labute approximate surface area is 65.2 Å². The van der Waals surface area contributed by atoms with Crippen LogP contribution in [0.25, 0.3) is 0 Å². The van der Waals surface area contributed by atoms with Crippen LogP contribution in [0.2, 0.25) is 0 Å². The Morgan fingerprint density at radius 2 is 1.60 bits per heavy atom. The van der Waals surface area contributed by atoms with Gasteiger partial charge in [0, 0.05) is 6.04 Å². The van der Waals surface area contributed by atoms with Gasteiger partial charge in [0.25, 0.3) is 0 Å². The third kappa shape index (κ3) is 3.89. The van der Waals surface area contributed by atoms with Gasteiger partial charge in [-0.15, -0.1) is 0 Å². The minimum atomic E-state index is 0.694. The molecule has 0 amide bonds. The second-order valence-electron chi connectivity index (χ2n) is 3.77. The summed E-state index contributed by atoms with van der Waals surface area (Å²) in [5.41, 5.74) is 0. The standard InChI is InChI=1S/C9H21N/c1-7(2)6-9(10-5)8(3)4/h7-10H,6H2,1-5H3. The summed E-state index contributed by atoms with van der Waals surface area (Å²) in [5, 5.41) is 3.33. The van der Waals surface area contributed by atoms with E-state index in [9.17, 15) is 0 Å². The summed E-state index contributed by atoms with van der Waals surface area (Å²) in [6.45, 7) is 9.08. The Morgan fingerprint density at radius 3 is 1.70 bits per heavy atom. The highest BCUT2D eigenvalue weighted by Gasteiger charge is 2.11. The summed E-state index contributed by atoms with van der Waals surface area (Å²) < 4.78 is 0. The first kappa shape index (κ1) is 9.96. The molecule has 0 bridgehead atoms. The molecule has 1 heteroatoms. The van der Waals surface area contributed by atoms with Crippen molar-refractivity contribution in [2.75, 3.05) is 7.05 Å². The highest BCUT2D eigenvalue weighted by Crippen LogP contribution is 2.11. The summed E-state index contributed by atoms with van der Waals surface area (Å²) in [5.74, 6) is 1.56. The van der Waals surface area contributed by atoms with Gasteiger partial charge in [-0.1, -0.05) is 27.7 Å². The Kier molecular flexibility index (Phi) is 4.71. The van der Waals surface area contributed by atoms with Gasteiger partial charge >= 0.3 is 0 Å². The average molecular weight is 143 g/mol. The zero-order valence-electron chi connectivity index (χ0n) is 7.94. The lowest BCUT2D eigenvalue weighted by atomic mass is 9.95. The van der Waals surface area contributed by atoms with E-state index >= 15 is 0 Å². The van der Waals surface area contributed by atoms with E-state index in [2.05, 4.69) is 33.0 Å². The maximum absolute atomic E-state index is 3.33. The zero-order chi connectivity index (χ0) is 8.15.